The van der Waals surface area contributed by atoms with Gasteiger partial charge in [-0.1, -0.05) is 11.6 Å². The largest absolute Gasteiger partial charge is 0.352 e. The highest BCUT2D eigenvalue weighted by atomic mass is 32.2. The SMILES string of the molecule is CS(=O)(=O)N1CCc2cc(C(=O)NCCC3=CCCCC3)ccc21. The number of anilines is 1. The monoisotopic (exact) mass is 348 g/mol. The molecule has 6 heteroatoms. The molecule has 1 aliphatic carbocycles. The van der Waals surface area contributed by atoms with Crippen LogP contribution in [0.2, 0.25) is 0 Å². The Morgan fingerprint density at radius 3 is 2.79 bits per heavy atom. The molecular weight excluding hydrogens is 324 g/mol. The van der Waals surface area contributed by atoms with Crippen LogP contribution in [0, 0.1) is 0 Å². The van der Waals surface area contributed by atoms with Gasteiger partial charge in [-0.05, 0) is 62.3 Å². The Morgan fingerprint density at radius 2 is 2.08 bits per heavy atom. The van der Waals surface area contributed by atoms with Crippen molar-refractivity contribution < 1.29 is 13.2 Å². The van der Waals surface area contributed by atoms with E-state index in [1.807, 2.05) is 6.07 Å². The second-order valence-electron chi connectivity index (χ2n) is 6.54. The van der Waals surface area contributed by atoms with E-state index in [1.165, 1.54) is 29.0 Å². The highest BCUT2D eigenvalue weighted by Gasteiger charge is 2.26. The maximum absolute atomic E-state index is 12.3. The summed E-state index contributed by atoms with van der Waals surface area (Å²) in [7, 11) is -3.25. The topological polar surface area (TPSA) is 66.5 Å². The van der Waals surface area contributed by atoms with Gasteiger partial charge < -0.3 is 5.32 Å². The Hall–Kier alpha value is -1.82. The minimum Gasteiger partial charge on any atom is -0.352 e. The fourth-order valence-electron chi connectivity index (χ4n) is 3.43. The number of allylic oxidation sites excluding steroid dienone is 1. The lowest BCUT2D eigenvalue weighted by Crippen LogP contribution is -2.27. The van der Waals surface area contributed by atoms with E-state index in [2.05, 4.69) is 11.4 Å². The highest BCUT2D eigenvalue weighted by molar-refractivity contribution is 7.92. The van der Waals surface area contributed by atoms with Crippen LogP contribution in [0.4, 0.5) is 5.69 Å². The summed E-state index contributed by atoms with van der Waals surface area (Å²) in [6.07, 6.45) is 9.90. The standard InChI is InChI=1S/C18H24N2O3S/c1-24(22,23)20-12-10-15-13-16(7-8-17(15)20)18(21)19-11-9-14-5-3-2-4-6-14/h5,7-8,13H,2-4,6,9-12H2,1H3,(H,19,21). The molecule has 0 saturated heterocycles. The van der Waals surface area contributed by atoms with E-state index in [-0.39, 0.29) is 5.91 Å². The third-order valence-corrected chi connectivity index (χ3v) is 5.89. The number of nitrogens with zero attached hydrogens (tertiary/aromatic N) is 1. The fourth-order valence-corrected chi connectivity index (χ4v) is 4.39. The predicted molar refractivity (Wildman–Crippen MR) is 95.8 cm³/mol. The average molecular weight is 348 g/mol. The average Bonchev–Trinajstić information content (AvgIpc) is 2.99. The molecule has 0 radical (unpaired) electrons. The highest BCUT2D eigenvalue weighted by Crippen LogP contribution is 2.30. The maximum Gasteiger partial charge on any atom is 0.251 e. The van der Waals surface area contributed by atoms with Crippen LogP contribution in [0.1, 0.15) is 48.0 Å². The zero-order valence-electron chi connectivity index (χ0n) is 14.0. The fraction of sp³-hybridized carbons (Fsp3) is 0.500. The molecule has 0 atom stereocenters. The smallest absolute Gasteiger partial charge is 0.251 e. The van der Waals surface area contributed by atoms with Crippen molar-refractivity contribution in [1.29, 1.82) is 0 Å². The number of hydrogen-bond acceptors (Lipinski definition) is 3. The van der Waals surface area contributed by atoms with Gasteiger partial charge in [0.1, 0.15) is 0 Å². The van der Waals surface area contributed by atoms with E-state index in [0.717, 1.165) is 24.8 Å². The van der Waals surface area contributed by atoms with Crippen LogP contribution in [0.25, 0.3) is 0 Å². The summed E-state index contributed by atoms with van der Waals surface area (Å²) in [4.78, 5) is 12.3. The third kappa shape index (κ3) is 3.80. The lowest BCUT2D eigenvalue weighted by molar-refractivity contribution is 0.0954. The second kappa shape index (κ2) is 6.97. The number of rotatable bonds is 5. The van der Waals surface area contributed by atoms with Gasteiger partial charge in [0.2, 0.25) is 10.0 Å². The molecule has 1 N–H and O–H groups in total. The summed E-state index contributed by atoms with van der Waals surface area (Å²) in [6.45, 7) is 1.10. The first-order chi connectivity index (χ1) is 11.4. The number of amides is 1. The van der Waals surface area contributed by atoms with Crippen molar-refractivity contribution in [3.8, 4) is 0 Å². The molecular formula is C18H24N2O3S. The normalized spacial score (nSPS) is 17.4. The Balaban J connectivity index is 1.61. The molecule has 0 aromatic heterocycles. The van der Waals surface area contributed by atoms with E-state index >= 15 is 0 Å². The van der Waals surface area contributed by atoms with E-state index < -0.39 is 10.0 Å². The number of sulfonamides is 1. The maximum atomic E-state index is 12.3. The van der Waals surface area contributed by atoms with Crippen LogP contribution in [0.15, 0.2) is 29.8 Å². The van der Waals surface area contributed by atoms with Gasteiger partial charge >= 0.3 is 0 Å². The van der Waals surface area contributed by atoms with E-state index in [9.17, 15) is 13.2 Å². The van der Waals surface area contributed by atoms with Gasteiger partial charge in [-0.3, -0.25) is 9.10 Å². The zero-order valence-corrected chi connectivity index (χ0v) is 14.9. The molecule has 0 unspecified atom stereocenters. The molecule has 2 aliphatic rings. The molecule has 1 heterocycles. The van der Waals surface area contributed by atoms with Crippen LogP contribution in [0.3, 0.4) is 0 Å². The first-order valence-corrected chi connectivity index (χ1v) is 10.4. The van der Waals surface area contributed by atoms with Crippen molar-refractivity contribution in [1.82, 2.24) is 5.32 Å². The van der Waals surface area contributed by atoms with Crippen molar-refractivity contribution in [2.45, 2.75) is 38.5 Å². The summed E-state index contributed by atoms with van der Waals surface area (Å²) in [6, 6.07) is 5.26. The molecule has 0 spiro atoms. The molecule has 1 aromatic rings. The molecule has 1 aliphatic heterocycles. The molecule has 0 saturated carbocycles. The van der Waals surface area contributed by atoms with Gasteiger partial charge in [0.15, 0.2) is 0 Å². The molecule has 5 nitrogen and oxygen atoms in total. The Morgan fingerprint density at radius 1 is 1.25 bits per heavy atom. The minimum absolute atomic E-state index is 0.0907. The lowest BCUT2D eigenvalue weighted by Gasteiger charge is -2.16. The molecule has 0 fully saturated rings. The Kier molecular flexibility index (Phi) is 4.94. The van der Waals surface area contributed by atoms with Crippen LogP contribution >= 0.6 is 0 Å². The molecule has 1 amide bonds. The van der Waals surface area contributed by atoms with Crippen LogP contribution in [-0.4, -0.2) is 33.7 Å². The van der Waals surface area contributed by atoms with Gasteiger partial charge in [0.05, 0.1) is 11.9 Å². The zero-order chi connectivity index (χ0) is 17.2. The van der Waals surface area contributed by atoms with Crippen molar-refractivity contribution in [2.24, 2.45) is 0 Å². The lowest BCUT2D eigenvalue weighted by atomic mass is 9.97. The number of carbonyl (C=O) groups excluding carboxylic acids is 1. The number of nitrogens with one attached hydrogen (secondary N) is 1. The van der Waals surface area contributed by atoms with E-state index in [4.69, 9.17) is 0 Å². The first kappa shape index (κ1) is 17.0. The van der Waals surface area contributed by atoms with Gasteiger partial charge in [-0.25, -0.2) is 8.42 Å². The molecule has 0 bridgehead atoms. The van der Waals surface area contributed by atoms with Crippen molar-refractivity contribution in [2.75, 3.05) is 23.7 Å². The van der Waals surface area contributed by atoms with E-state index in [0.29, 0.717) is 30.8 Å². The second-order valence-corrected chi connectivity index (χ2v) is 8.45. The van der Waals surface area contributed by atoms with Crippen LogP contribution in [0.5, 0.6) is 0 Å². The van der Waals surface area contributed by atoms with Crippen LogP contribution in [-0.2, 0) is 16.4 Å². The number of hydrogen-bond donors (Lipinski definition) is 1. The van der Waals surface area contributed by atoms with Crippen molar-refractivity contribution >= 4 is 21.6 Å². The number of carbonyl (C=O) groups is 1. The minimum atomic E-state index is -3.25. The molecule has 24 heavy (non-hydrogen) atoms. The molecule has 3 rings (SSSR count). The van der Waals surface area contributed by atoms with Crippen LogP contribution < -0.4 is 9.62 Å². The molecule has 1 aromatic carbocycles. The van der Waals surface area contributed by atoms with Gasteiger partial charge in [0, 0.05) is 18.7 Å². The Labute approximate surface area is 143 Å². The van der Waals surface area contributed by atoms with Gasteiger partial charge in [0.25, 0.3) is 5.91 Å². The Bertz CT molecular complexity index is 768. The quantitative estimate of drug-likeness (QED) is 0.832. The summed E-state index contributed by atoms with van der Waals surface area (Å²) >= 11 is 0. The third-order valence-electron chi connectivity index (χ3n) is 4.71. The summed E-state index contributed by atoms with van der Waals surface area (Å²) in [5, 5.41) is 2.97. The number of benzene rings is 1. The summed E-state index contributed by atoms with van der Waals surface area (Å²) in [5.41, 5.74) is 3.66. The van der Waals surface area contributed by atoms with E-state index in [1.54, 1.807) is 12.1 Å². The van der Waals surface area contributed by atoms with Gasteiger partial charge in [-0.15, -0.1) is 0 Å². The summed E-state index contributed by atoms with van der Waals surface area (Å²) < 4.78 is 24.9. The predicted octanol–water partition coefficient (Wildman–Crippen LogP) is 2.63. The first-order valence-electron chi connectivity index (χ1n) is 8.52. The summed E-state index contributed by atoms with van der Waals surface area (Å²) in [5.74, 6) is -0.0907. The number of fused-ring (bicyclic) bond motifs is 1. The van der Waals surface area contributed by atoms with Gasteiger partial charge in [-0.2, -0.15) is 0 Å². The van der Waals surface area contributed by atoms with Crippen molar-refractivity contribution in [3.63, 3.8) is 0 Å². The van der Waals surface area contributed by atoms with Crippen molar-refractivity contribution in [3.05, 3.63) is 41.0 Å². The molecule has 130 valence electrons.